The van der Waals surface area contributed by atoms with E-state index in [0.717, 1.165) is 33.4 Å². The van der Waals surface area contributed by atoms with E-state index >= 15 is 0 Å². The van der Waals surface area contributed by atoms with Gasteiger partial charge in [0.15, 0.2) is 5.82 Å². The maximum absolute atomic E-state index is 5.53. The normalized spacial score (nSPS) is 11.2. The van der Waals surface area contributed by atoms with Crippen LogP contribution in [0.4, 0.5) is 0 Å². The van der Waals surface area contributed by atoms with E-state index in [-0.39, 0.29) is 0 Å². The number of nitrogens with zero attached hydrogens (tertiary/aromatic N) is 3. The average Bonchev–Trinajstić information content (AvgIpc) is 3.12. The van der Waals surface area contributed by atoms with E-state index in [1.54, 1.807) is 25.1 Å². The second-order valence-electron chi connectivity index (χ2n) is 6.04. The topological polar surface area (TPSA) is 64.4 Å². The molecule has 0 bridgehead atoms. The summed E-state index contributed by atoms with van der Waals surface area (Å²) in [5, 5.41) is 13.9. The number of hydrogen-bond acceptors (Lipinski definition) is 5. The molecule has 0 radical (unpaired) electrons. The quantitative estimate of drug-likeness (QED) is 0.398. The van der Waals surface area contributed by atoms with Gasteiger partial charge < -0.3 is 9.47 Å². The van der Waals surface area contributed by atoms with Gasteiger partial charge in [0.2, 0.25) is 4.77 Å². The molecule has 1 N–H and O–H groups in total. The van der Waals surface area contributed by atoms with Crippen LogP contribution >= 0.6 is 12.2 Å². The minimum absolute atomic E-state index is 0.397. The van der Waals surface area contributed by atoms with Crippen molar-refractivity contribution in [2.45, 2.75) is 0 Å². The average molecular weight is 390 g/mol. The lowest BCUT2D eigenvalue weighted by Gasteiger charge is -2.08. The summed E-state index contributed by atoms with van der Waals surface area (Å²) in [6.45, 7) is 0. The Morgan fingerprint density at radius 1 is 1.04 bits per heavy atom. The van der Waals surface area contributed by atoms with Crippen molar-refractivity contribution in [3.63, 3.8) is 0 Å². The fourth-order valence-corrected chi connectivity index (χ4v) is 3.23. The number of aromatic nitrogens is 3. The summed E-state index contributed by atoms with van der Waals surface area (Å²) in [5.41, 5.74) is 1.72. The third-order valence-corrected chi connectivity index (χ3v) is 4.70. The first kappa shape index (κ1) is 17.9. The summed E-state index contributed by atoms with van der Waals surface area (Å²) in [6.07, 6.45) is 1.75. The van der Waals surface area contributed by atoms with Gasteiger partial charge in [0.1, 0.15) is 11.5 Å². The van der Waals surface area contributed by atoms with Crippen molar-refractivity contribution in [2.75, 3.05) is 14.2 Å². The Labute approximate surface area is 167 Å². The number of fused-ring (bicyclic) bond motifs is 1. The Hall–Kier alpha value is -3.45. The lowest BCUT2D eigenvalue weighted by atomic mass is 10.0. The van der Waals surface area contributed by atoms with Gasteiger partial charge in [0.05, 0.1) is 20.4 Å². The van der Waals surface area contributed by atoms with Crippen molar-refractivity contribution < 1.29 is 9.47 Å². The van der Waals surface area contributed by atoms with Gasteiger partial charge in [-0.25, -0.2) is 5.10 Å². The first-order valence-electron chi connectivity index (χ1n) is 8.63. The molecule has 0 spiro atoms. The monoisotopic (exact) mass is 390 g/mol. The number of H-pyrrole nitrogens is 1. The molecule has 0 aliphatic heterocycles. The molecular weight excluding hydrogens is 372 g/mol. The molecule has 0 atom stereocenters. The van der Waals surface area contributed by atoms with Crippen LogP contribution in [0.2, 0.25) is 0 Å². The summed E-state index contributed by atoms with van der Waals surface area (Å²) in [4.78, 5) is 0. The van der Waals surface area contributed by atoms with Crippen LogP contribution in [0.3, 0.4) is 0 Å². The second-order valence-corrected chi connectivity index (χ2v) is 6.43. The molecule has 3 aromatic carbocycles. The predicted molar refractivity (Wildman–Crippen MR) is 113 cm³/mol. The standard InChI is InChI=1S/C21H18N4O2S/c1-26-16-8-5-7-15(12-16)20-23-24-21(28)25(20)22-13-18-17-9-4-3-6-14(17)10-11-19(18)27-2/h3-13H,1-2H3,(H,24,28). The number of aromatic amines is 1. The zero-order chi connectivity index (χ0) is 19.5. The molecule has 6 nitrogen and oxygen atoms in total. The number of methoxy groups -OCH3 is 2. The van der Waals surface area contributed by atoms with Gasteiger partial charge in [-0.05, 0) is 41.2 Å². The molecule has 4 rings (SSSR count). The van der Waals surface area contributed by atoms with Crippen LogP contribution in [-0.2, 0) is 0 Å². The van der Waals surface area contributed by atoms with Crippen LogP contribution in [0.1, 0.15) is 5.56 Å². The second kappa shape index (κ2) is 7.66. The van der Waals surface area contributed by atoms with Crippen LogP contribution in [0.25, 0.3) is 22.2 Å². The Kier molecular flexibility index (Phi) is 4.90. The maximum atomic E-state index is 5.53. The molecule has 0 unspecified atom stereocenters. The Morgan fingerprint density at radius 3 is 2.71 bits per heavy atom. The molecule has 0 aliphatic carbocycles. The SMILES string of the molecule is COc1cccc(-c2n[nH]c(=S)n2N=Cc2c(OC)ccc3ccccc23)c1. The van der Waals surface area contributed by atoms with Gasteiger partial charge in [-0.1, -0.05) is 42.5 Å². The third kappa shape index (κ3) is 3.27. The summed E-state index contributed by atoms with van der Waals surface area (Å²) in [5.74, 6) is 2.07. The van der Waals surface area contributed by atoms with Crippen molar-refractivity contribution in [3.8, 4) is 22.9 Å². The minimum Gasteiger partial charge on any atom is -0.497 e. The van der Waals surface area contributed by atoms with Gasteiger partial charge in [-0.2, -0.15) is 14.9 Å². The number of benzene rings is 3. The van der Waals surface area contributed by atoms with Gasteiger partial charge >= 0.3 is 0 Å². The lowest BCUT2D eigenvalue weighted by molar-refractivity contribution is 0.415. The summed E-state index contributed by atoms with van der Waals surface area (Å²) < 4.78 is 12.8. The predicted octanol–water partition coefficient (Wildman–Crippen LogP) is 4.66. The molecule has 140 valence electrons. The van der Waals surface area contributed by atoms with Crippen LogP contribution in [-0.4, -0.2) is 35.3 Å². The van der Waals surface area contributed by atoms with Crippen LogP contribution in [0.15, 0.2) is 65.8 Å². The van der Waals surface area contributed by atoms with E-state index in [0.29, 0.717) is 10.6 Å². The van der Waals surface area contributed by atoms with E-state index in [1.807, 2.05) is 54.6 Å². The van der Waals surface area contributed by atoms with E-state index in [2.05, 4.69) is 21.4 Å². The first-order valence-corrected chi connectivity index (χ1v) is 9.04. The fraction of sp³-hybridized carbons (Fsp3) is 0.0952. The maximum Gasteiger partial charge on any atom is 0.216 e. The molecule has 1 aromatic heterocycles. The number of rotatable bonds is 5. The minimum atomic E-state index is 0.397. The molecule has 1 heterocycles. The van der Waals surface area contributed by atoms with Crippen molar-refractivity contribution in [3.05, 3.63) is 71.0 Å². The van der Waals surface area contributed by atoms with Crippen molar-refractivity contribution in [1.29, 1.82) is 0 Å². The Morgan fingerprint density at radius 2 is 1.89 bits per heavy atom. The van der Waals surface area contributed by atoms with E-state index in [1.165, 1.54) is 0 Å². The third-order valence-electron chi connectivity index (χ3n) is 4.43. The highest BCUT2D eigenvalue weighted by atomic mass is 32.1. The van der Waals surface area contributed by atoms with E-state index < -0.39 is 0 Å². The molecule has 0 saturated carbocycles. The molecule has 7 heteroatoms. The van der Waals surface area contributed by atoms with Crippen LogP contribution < -0.4 is 9.47 Å². The number of hydrogen-bond donors (Lipinski definition) is 1. The molecule has 0 saturated heterocycles. The number of ether oxygens (including phenoxy) is 2. The summed E-state index contributed by atoms with van der Waals surface area (Å²) in [6, 6.07) is 19.6. The van der Waals surface area contributed by atoms with Gasteiger partial charge in [0, 0.05) is 11.1 Å². The Bertz CT molecular complexity index is 1230. The molecule has 28 heavy (non-hydrogen) atoms. The largest absolute Gasteiger partial charge is 0.497 e. The number of nitrogens with one attached hydrogen (secondary N) is 1. The summed E-state index contributed by atoms with van der Waals surface area (Å²) in [7, 11) is 3.27. The van der Waals surface area contributed by atoms with Crippen molar-refractivity contribution >= 4 is 29.2 Å². The van der Waals surface area contributed by atoms with E-state index in [4.69, 9.17) is 21.7 Å². The van der Waals surface area contributed by atoms with Gasteiger partial charge in [-0.15, -0.1) is 0 Å². The first-order chi connectivity index (χ1) is 13.7. The molecular formula is C21H18N4O2S. The smallest absolute Gasteiger partial charge is 0.216 e. The van der Waals surface area contributed by atoms with Gasteiger partial charge in [0.25, 0.3) is 0 Å². The zero-order valence-electron chi connectivity index (χ0n) is 15.4. The molecule has 0 fully saturated rings. The van der Waals surface area contributed by atoms with Crippen molar-refractivity contribution in [1.82, 2.24) is 14.9 Å². The summed E-state index contributed by atoms with van der Waals surface area (Å²) >= 11 is 5.38. The lowest BCUT2D eigenvalue weighted by Crippen LogP contribution is -1.98. The fourth-order valence-electron chi connectivity index (χ4n) is 3.05. The highest BCUT2D eigenvalue weighted by molar-refractivity contribution is 7.71. The molecule has 0 aliphatic rings. The van der Waals surface area contributed by atoms with Crippen LogP contribution in [0, 0.1) is 4.77 Å². The van der Waals surface area contributed by atoms with Crippen molar-refractivity contribution in [2.24, 2.45) is 5.10 Å². The van der Waals surface area contributed by atoms with Crippen LogP contribution in [0.5, 0.6) is 11.5 Å². The molecule has 0 amide bonds. The highest BCUT2D eigenvalue weighted by Crippen LogP contribution is 2.27. The van der Waals surface area contributed by atoms with Gasteiger partial charge in [-0.3, -0.25) is 0 Å². The highest BCUT2D eigenvalue weighted by Gasteiger charge is 2.10. The van der Waals surface area contributed by atoms with E-state index in [9.17, 15) is 0 Å². The zero-order valence-corrected chi connectivity index (χ0v) is 16.2. The Balaban J connectivity index is 1.83. The molecule has 4 aromatic rings.